The zero-order valence-electron chi connectivity index (χ0n) is 16.1. The van der Waals surface area contributed by atoms with Gasteiger partial charge in [0, 0.05) is 23.1 Å². The highest BCUT2D eigenvalue weighted by Gasteiger charge is 2.22. The van der Waals surface area contributed by atoms with Crippen molar-refractivity contribution in [2.45, 2.75) is 6.61 Å². The summed E-state index contributed by atoms with van der Waals surface area (Å²) in [5, 5.41) is 4.09. The maximum atomic E-state index is 14.0. The minimum Gasteiger partial charge on any atom is -0.493 e. The van der Waals surface area contributed by atoms with Crippen molar-refractivity contribution in [3.8, 4) is 22.1 Å². The molecule has 1 N–H and O–H groups in total. The molecular formula is C20H15F3N2O5S. The van der Waals surface area contributed by atoms with E-state index in [-0.39, 0.29) is 33.3 Å². The molecule has 0 unspecified atom stereocenters. The Hall–Kier alpha value is -3.60. The van der Waals surface area contributed by atoms with Gasteiger partial charge in [-0.3, -0.25) is 4.79 Å². The third kappa shape index (κ3) is 4.94. The Balaban J connectivity index is 1.94. The number of methoxy groups -OCH3 is 2. The number of anilines is 1. The van der Waals surface area contributed by atoms with Crippen molar-refractivity contribution in [1.82, 2.24) is 4.98 Å². The van der Waals surface area contributed by atoms with Gasteiger partial charge in [0.25, 0.3) is 5.91 Å². The summed E-state index contributed by atoms with van der Waals surface area (Å²) < 4.78 is 53.4. The minimum atomic E-state index is -3.16. The number of nitrogens with one attached hydrogen (secondary N) is 1. The predicted molar refractivity (Wildman–Crippen MR) is 106 cm³/mol. The molecule has 0 bridgehead atoms. The summed E-state index contributed by atoms with van der Waals surface area (Å²) in [6, 6.07) is 8.05. The molecule has 1 aromatic heterocycles. The van der Waals surface area contributed by atoms with Gasteiger partial charge in [0.2, 0.25) is 0 Å². The van der Waals surface area contributed by atoms with Crippen LogP contribution in [0.2, 0.25) is 0 Å². The number of carbonyl (C=O) groups is 2. The smallest absolute Gasteiger partial charge is 0.387 e. The van der Waals surface area contributed by atoms with Crippen molar-refractivity contribution in [2.24, 2.45) is 0 Å². The van der Waals surface area contributed by atoms with E-state index in [0.717, 1.165) is 30.6 Å². The summed E-state index contributed by atoms with van der Waals surface area (Å²) in [4.78, 5) is 28.9. The van der Waals surface area contributed by atoms with E-state index in [1.807, 2.05) is 0 Å². The lowest BCUT2D eigenvalue weighted by molar-refractivity contribution is -0.0511. The van der Waals surface area contributed by atoms with Gasteiger partial charge in [0.05, 0.1) is 25.5 Å². The Morgan fingerprint density at radius 3 is 2.52 bits per heavy atom. The van der Waals surface area contributed by atoms with Crippen LogP contribution in [0.15, 0.2) is 41.8 Å². The molecule has 0 fully saturated rings. The lowest BCUT2D eigenvalue weighted by atomic mass is 10.1. The molecule has 0 saturated heterocycles. The van der Waals surface area contributed by atoms with Crippen molar-refractivity contribution < 1.29 is 37.0 Å². The fourth-order valence-corrected chi connectivity index (χ4v) is 3.44. The van der Waals surface area contributed by atoms with Gasteiger partial charge in [-0.1, -0.05) is 12.1 Å². The summed E-state index contributed by atoms with van der Waals surface area (Å²) in [7, 11) is 2.32. The molecule has 1 heterocycles. The number of alkyl halides is 2. The lowest BCUT2D eigenvalue weighted by Gasteiger charge is -2.15. The molecule has 0 aliphatic heterocycles. The third-order valence-electron chi connectivity index (χ3n) is 4.01. The first-order valence-corrected chi connectivity index (χ1v) is 9.49. The van der Waals surface area contributed by atoms with Crippen molar-refractivity contribution in [3.05, 3.63) is 58.9 Å². The van der Waals surface area contributed by atoms with E-state index >= 15 is 0 Å². The van der Waals surface area contributed by atoms with Gasteiger partial charge in [-0.25, -0.2) is 14.2 Å². The number of hydrogen-bond acceptors (Lipinski definition) is 7. The first-order valence-electron chi connectivity index (χ1n) is 8.61. The molecule has 1 amide bonds. The Morgan fingerprint density at radius 1 is 1.13 bits per heavy atom. The largest absolute Gasteiger partial charge is 0.493 e. The van der Waals surface area contributed by atoms with E-state index in [2.05, 4.69) is 19.8 Å². The van der Waals surface area contributed by atoms with Crippen molar-refractivity contribution in [2.75, 3.05) is 19.5 Å². The molecule has 3 aromatic rings. The molecule has 2 aromatic carbocycles. The highest BCUT2D eigenvalue weighted by molar-refractivity contribution is 7.13. The zero-order valence-corrected chi connectivity index (χ0v) is 17.0. The van der Waals surface area contributed by atoms with Gasteiger partial charge in [-0.05, 0) is 12.1 Å². The van der Waals surface area contributed by atoms with E-state index in [0.29, 0.717) is 0 Å². The number of benzene rings is 2. The number of nitrogens with zero attached hydrogens (tertiary/aromatic N) is 1. The van der Waals surface area contributed by atoms with Gasteiger partial charge in [-0.15, -0.1) is 11.3 Å². The summed E-state index contributed by atoms with van der Waals surface area (Å²) in [5.41, 5.74) is -0.155. The number of ether oxygens (including phenoxy) is 3. The van der Waals surface area contributed by atoms with Gasteiger partial charge >= 0.3 is 12.6 Å². The van der Waals surface area contributed by atoms with Crippen LogP contribution in [0.5, 0.6) is 11.5 Å². The standard InChI is InChI=1S/C20H15F3N2O5S/c1-28-15-7-11(19(27)29-2)13(8-16(15)30-20(22)23)24-17(26)14-9-31-18(25-14)10-5-3-4-6-12(10)21/h3-9,20H,1-2H3,(H,24,26). The van der Waals surface area contributed by atoms with Crippen LogP contribution in [0.4, 0.5) is 18.9 Å². The fourth-order valence-electron chi connectivity index (χ4n) is 2.61. The summed E-state index contributed by atoms with van der Waals surface area (Å²) in [6.45, 7) is -3.16. The van der Waals surface area contributed by atoms with E-state index in [9.17, 15) is 22.8 Å². The van der Waals surface area contributed by atoms with Gasteiger partial charge in [0.15, 0.2) is 11.5 Å². The molecule has 11 heteroatoms. The van der Waals surface area contributed by atoms with Crippen LogP contribution in [0.1, 0.15) is 20.8 Å². The van der Waals surface area contributed by atoms with E-state index in [1.54, 1.807) is 6.07 Å². The monoisotopic (exact) mass is 452 g/mol. The minimum absolute atomic E-state index is 0.0637. The number of rotatable bonds is 7. The second kappa shape index (κ2) is 9.47. The second-order valence-corrected chi connectivity index (χ2v) is 6.75. The Bertz CT molecular complexity index is 1120. The van der Waals surface area contributed by atoms with Crippen LogP contribution in [-0.2, 0) is 4.74 Å². The number of aromatic nitrogens is 1. The molecule has 0 radical (unpaired) electrons. The predicted octanol–water partition coefficient (Wildman–Crippen LogP) is 4.60. The zero-order chi connectivity index (χ0) is 22.5. The third-order valence-corrected chi connectivity index (χ3v) is 4.89. The van der Waals surface area contributed by atoms with E-state index in [4.69, 9.17) is 4.74 Å². The number of amides is 1. The summed E-state index contributed by atoms with van der Waals surface area (Å²) in [5.74, 6) is -2.65. The topological polar surface area (TPSA) is 86.8 Å². The number of esters is 1. The average molecular weight is 452 g/mol. The van der Waals surface area contributed by atoms with Crippen LogP contribution in [0.25, 0.3) is 10.6 Å². The first kappa shape index (κ1) is 22.1. The quantitative estimate of drug-likeness (QED) is 0.528. The maximum Gasteiger partial charge on any atom is 0.387 e. The van der Waals surface area contributed by atoms with E-state index < -0.39 is 30.1 Å². The number of thiazole rings is 1. The Labute approximate surface area is 178 Å². The van der Waals surface area contributed by atoms with Gasteiger partial charge < -0.3 is 19.5 Å². The van der Waals surface area contributed by atoms with Gasteiger partial charge in [-0.2, -0.15) is 8.78 Å². The Morgan fingerprint density at radius 2 is 1.87 bits per heavy atom. The highest BCUT2D eigenvalue weighted by Crippen LogP contribution is 2.35. The lowest BCUT2D eigenvalue weighted by Crippen LogP contribution is -2.16. The summed E-state index contributed by atoms with van der Waals surface area (Å²) in [6.07, 6.45) is 0. The molecule has 0 saturated carbocycles. The van der Waals surface area contributed by atoms with Gasteiger partial charge in [0.1, 0.15) is 16.5 Å². The second-order valence-electron chi connectivity index (χ2n) is 5.89. The molecule has 0 spiro atoms. The average Bonchev–Trinajstić information content (AvgIpc) is 3.23. The number of hydrogen-bond donors (Lipinski definition) is 1. The molecule has 162 valence electrons. The summed E-state index contributed by atoms with van der Waals surface area (Å²) >= 11 is 1.04. The molecule has 7 nitrogen and oxygen atoms in total. The molecule has 3 rings (SSSR count). The molecule has 0 aliphatic rings. The molecule has 0 atom stereocenters. The Kier molecular flexibility index (Phi) is 6.75. The number of halogens is 3. The first-order chi connectivity index (χ1) is 14.8. The van der Waals surface area contributed by atoms with Crippen LogP contribution in [-0.4, -0.2) is 37.7 Å². The van der Waals surface area contributed by atoms with Crippen LogP contribution in [0.3, 0.4) is 0 Å². The fraction of sp³-hybridized carbons (Fsp3) is 0.150. The van der Waals surface area contributed by atoms with Crippen molar-refractivity contribution >= 4 is 28.9 Å². The van der Waals surface area contributed by atoms with E-state index in [1.165, 1.54) is 30.7 Å². The molecule has 31 heavy (non-hydrogen) atoms. The van der Waals surface area contributed by atoms with Crippen LogP contribution < -0.4 is 14.8 Å². The SMILES string of the molecule is COC(=O)c1cc(OC)c(OC(F)F)cc1NC(=O)c1csc(-c2ccccc2F)n1. The number of carbonyl (C=O) groups excluding carboxylic acids is 2. The van der Waals surface area contributed by atoms with Crippen LogP contribution >= 0.6 is 11.3 Å². The molecular weight excluding hydrogens is 437 g/mol. The van der Waals surface area contributed by atoms with Crippen molar-refractivity contribution in [1.29, 1.82) is 0 Å². The highest BCUT2D eigenvalue weighted by atomic mass is 32.1. The maximum absolute atomic E-state index is 14.0. The molecule has 0 aliphatic carbocycles. The normalized spacial score (nSPS) is 10.6. The van der Waals surface area contributed by atoms with Crippen molar-refractivity contribution in [3.63, 3.8) is 0 Å². The van der Waals surface area contributed by atoms with Crippen LogP contribution in [0, 0.1) is 5.82 Å².